The normalized spacial score (nSPS) is 23.4. The molecular weight excluding hydrogens is 318 g/mol. The molecule has 2 atom stereocenters. The second-order valence-corrected chi connectivity index (χ2v) is 6.88. The van der Waals surface area contributed by atoms with E-state index in [9.17, 15) is 10.2 Å². The zero-order valence-corrected chi connectivity index (χ0v) is 14.1. The molecule has 0 radical (unpaired) electrons. The highest BCUT2D eigenvalue weighted by Gasteiger charge is 2.27. The van der Waals surface area contributed by atoms with Gasteiger partial charge >= 0.3 is 0 Å². The number of phenols is 2. The van der Waals surface area contributed by atoms with E-state index in [2.05, 4.69) is 11.0 Å². The number of piperidine rings is 1. The van der Waals surface area contributed by atoms with Gasteiger partial charge in [0.15, 0.2) is 11.5 Å². The van der Waals surface area contributed by atoms with Crippen molar-refractivity contribution in [2.24, 2.45) is 0 Å². The summed E-state index contributed by atoms with van der Waals surface area (Å²) in [5, 5.41) is 19.3. The highest BCUT2D eigenvalue weighted by atomic mass is 16.6. The van der Waals surface area contributed by atoms with Gasteiger partial charge in [-0.2, -0.15) is 0 Å². The Kier molecular flexibility index (Phi) is 4.40. The van der Waals surface area contributed by atoms with Crippen molar-refractivity contribution in [3.8, 4) is 23.0 Å². The van der Waals surface area contributed by atoms with Crippen LogP contribution in [0.5, 0.6) is 23.0 Å². The van der Waals surface area contributed by atoms with Crippen molar-refractivity contribution >= 4 is 0 Å². The number of phenolic OH excluding ortho intramolecular Hbond substituents is 2. The molecule has 0 aliphatic carbocycles. The Hall–Kier alpha value is -2.40. The monoisotopic (exact) mass is 341 g/mol. The third-order valence-corrected chi connectivity index (χ3v) is 4.95. The van der Waals surface area contributed by atoms with Gasteiger partial charge in [0.2, 0.25) is 0 Å². The highest BCUT2D eigenvalue weighted by molar-refractivity contribution is 5.46. The van der Waals surface area contributed by atoms with Crippen LogP contribution in [0.15, 0.2) is 42.5 Å². The van der Waals surface area contributed by atoms with Gasteiger partial charge in [-0.05, 0) is 55.1 Å². The molecule has 2 aliphatic rings. The topological polar surface area (TPSA) is 62.2 Å². The standard InChI is InChI=1S/C20H23NO4/c22-16-5-1-3-14(9-16)15-4-2-8-21(11-15)12-18-13-24-19-7-6-17(23)10-20(19)25-18/h1,3,5-7,9-10,15,18,22-23H,2,4,8,11-13H2. The van der Waals surface area contributed by atoms with E-state index in [0.29, 0.717) is 29.8 Å². The first kappa shape index (κ1) is 16.1. The van der Waals surface area contributed by atoms with Gasteiger partial charge in [0.1, 0.15) is 24.2 Å². The van der Waals surface area contributed by atoms with Gasteiger partial charge in [-0.15, -0.1) is 0 Å². The van der Waals surface area contributed by atoms with Gasteiger partial charge in [0.25, 0.3) is 0 Å². The van der Waals surface area contributed by atoms with Crippen LogP contribution in [-0.2, 0) is 0 Å². The van der Waals surface area contributed by atoms with Crippen LogP contribution >= 0.6 is 0 Å². The molecule has 0 spiro atoms. The number of likely N-dealkylation sites (tertiary alicyclic amines) is 1. The predicted octanol–water partition coefficient (Wildman–Crippen LogP) is 3.12. The lowest BCUT2D eigenvalue weighted by Gasteiger charge is -2.36. The Balaban J connectivity index is 1.40. The Morgan fingerprint density at radius 3 is 2.80 bits per heavy atom. The average molecular weight is 341 g/mol. The minimum Gasteiger partial charge on any atom is -0.508 e. The molecule has 2 heterocycles. The number of ether oxygens (including phenoxy) is 2. The molecule has 4 rings (SSSR count). The van der Waals surface area contributed by atoms with E-state index in [0.717, 1.165) is 32.5 Å². The van der Waals surface area contributed by atoms with Gasteiger partial charge in [0.05, 0.1) is 0 Å². The molecule has 2 aromatic rings. The van der Waals surface area contributed by atoms with E-state index in [-0.39, 0.29) is 11.9 Å². The molecule has 132 valence electrons. The van der Waals surface area contributed by atoms with E-state index >= 15 is 0 Å². The summed E-state index contributed by atoms with van der Waals surface area (Å²) < 4.78 is 11.8. The number of hydrogen-bond acceptors (Lipinski definition) is 5. The van der Waals surface area contributed by atoms with Gasteiger partial charge in [-0.1, -0.05) is 12.1 Å². The van der Waals surface area contributed by atoms with Crippen molar-refractivity contribution in [2.45, 2.75) is 24.9 Å². The molecule has 25 heavy (non-hydrogen) atoms. The third-order valence-electron chi connectivity index (χ3n) is 4.95. The molecule has 2 aromatic carbocycles. The van der Waals surface area contributed by atoms with E-state index in [1.165, 1.54) is 5.56 Å². The fourth-order valence-corrected chi connectivity index (χ4v) is 3.75. The number of nitrogens with zero attached hydrogens (tertiary/aromatic N) is 1. The molecule has 0 aromatic heterocycles. The lowest BCUT2D eigenvalue weighted by atomic mass is 9.90. The summed E-state index contributed by atoms with van der Waals surface area (Å²) in [6.45, 7) is 3.31. The lowest BCUT2D eigenvalue weighted by Crippen LogP contribution is -2.44. The molecule has 2 unspecified atom stereocenters. The van der Waals surface area contributed by atoms with Crippen molar-refractivity contribution < 1.29 is 19.7 Å². The molecule has 1 saturated heterocycles. The molecule has 5 nitrogen and oxygen atoms in total. The number of fused-ring (bicyclic) bond motifs is 1. The maximum atomic E-state index is 9.72. The van der Waals surface area contributed by atoms with Crippen molar-refractivity contribution in [3.63, 3.8) is 0 Å². The van der Waals surface area contributed by atoms with Crippen LogP contribution in [-0.4, -0.2) is 47.5 Å². The summed E-state index contributed by atoms with van der Waals surface area (Å²) in [7, 11) is 0. The molecular formula is C20H23NO4. The quantitative estimate of drug-likeness (QED) is 0.898. The van der Waals surface area contributed by atoms with Crippen LogP contribution in [0.2, 0.25) is 0 Å². The summed E-state index contributed by atoms with van der Waals surface area (Å²) in [6, 6.07) is 12.5. The minimum atomic E-state index is -0.0442. The van der Waals surface area contributed by atoms with Crippen LogP contribution in [0.4, 0.5) is 0 Å². The molecule has 2 N–H and O–H groups in total. The van der Waals surface area contributed by atoms with Crippen LogP contribution in [0.3, 0.4) is 0 Å². The van der Waals surface area contributed by atoms with Crippen LogP contribution in [0.25, 0.3) is 0 Å². The summed E-state index contributed by atoms with van der Waals surface area (Å²) in [6.07, 6.45) is 2.22. The second kappa shape index (κ2) is 6.84. The summed E-state index contributed by atoms with van der Waals surface area (Å²) >= 11 is 0. The Morgan fingerprint density at radius 1 is 1.04 bits per heavy atom. The fraction of sp³-hybridized carbons (Fsp3) is 0.400. The molecule has 1 fully saturated rings. The molecule has 0 saturated carbocycles. The molecule has 0 bridgehead atoms. The van der Waals surface area contributed by atoms with Crippen molar-refractivity contribution in [3.05, 3.63) is 48.0 Å². The zero-order valence-electron chi connectivity index (χ0n) is 14.1. The van der Waals surface area contributed by atoms with E-state index in [1.807, 2.05) is 12.1 Å². The molecule has 5 heteroatoms. The number of benzene rings is 2. The first-order chi connectivity index (χ1) is 12.2. The van der Waals surface area contributed by atoms with Gasteiger partial charge < -0.3 is 19.7 Å². The summed E-state index contributed by atoms with van der Waals surface area (Å²) in [4.78, 5) is 2.40. The van der Waals surface area contributed by atoms with Gasteiger partial charge in [-0.25, -0.2) is 0 Å². The summed E-state index contributed by atoms with van der Waals surface area (Å²) in [5.41, 5.74) is 1.20. The van der Waals surface area contributed by atoms with Gasteiger partial charge in [-0.3, -0.25) is 4.90 Å². The van der Waals surface area contributed by atoms with Crippen LogP contribution in [0.1, 0.15) is 24.3 Å². The Labute approximate surface area is 147 Å². The van der Waals surface area contributed by atoms with Crippen molar-refractivity contribution in [1.29, 1.82) is 0 Å². The number of aromatic hydroxyl groups is 2. The van der Waals surface area contributed by atoms with E-state index in [4.69, 9.17) is 9.47 Å². The fourth-order valence-electron chi connectivity index (χ4n) is 3.75. The molecule has 0 amide bonds. The number of rotatable bonds is 3. The van der Waals surface area contributed by atoms with Crippen molar-refractivity contribution in [2.75, 3.05) is 26.2 Å². The van der Waals surface area contributed by atoms with Crippen LogP contribution in [0, 0.1) is 0 Å². The average Bonchev–Trinajstić information content (AvgIpc) is 2.62. The van der Waals surface area contributed by atoms with Crippen LogP contribution < -0.4 is 9.47 Å². The van der Waals surface area contributed by atoms with Crippen molar-refractivity contribution in [1.82, 2.24) is 4.90 Å². The summed E-state index contributed by atoms with van der Waals surface area (Å²) in [5.74, 6) is 2.24. The Morgan fingerprint density at radius 2 is 1.92 bits per heavy atom. The maximum Gasteiger partial charge on any atom is 0.165 e. The SMILES string of the molecule is Oc1cccc(C2CCCN(CC3COc4ccc(O)cc4O3)C2)c1. The minimum absolute atomic E-state index is 0.0442. The smallest absolute Gasteiger partial charge is 0.165 e. The van der Waals surface area contributed by atoms with E-state index < -0.39 is 0 Å². The Bertz CT molecular complexity index is 748. The first-order valence-electron chi connectivity index (χ1n) is 8.81. The molecule has 2 aliphatic heterocycles. The number of hydrogen-bond donors (Lipinski definition) is 2. The zero-order chi connectivity index (χ0) is 17.2. The third kappa shape index (κ3) is 3.66. The lowest BCUT2D eigenvalue weighted by molar-refractivity contribution is 0.0502. The predicted molar refractivity (Wildman–Crippen MR) is 94.5 cm³/mol. The maximum absolute atomic E-state index is 9.72. The van der Waals surface area contributed by atoms with E-state index in [1.54, 1.807) is 24.3 Å². The first-order valence-corrected chi connectivity index (χ1v) is 8.81. The largest absolute Gasteiger partial charge is 0.508 e. The van der Waals surface area contributed by atoms with Gasteiger partial charge in [0, 0.05) is 19.2 Å². The second-order valence-electron chi connectivity index (χ2n) is 6.88. The highest BCUT2D eigenvalue weighted by Crippen LogP contribution is 2.35.